The lowest BCUT2D eigenvalue weighted by Crippen LogP contribution is -2.52. The van der Waals surface area contributed by atoms with Crippen LogP contribution in [0.3, 0.4) is 0 Å². The second kappa shape index (κ2) is 8.99. The second-order valence-corrected chi connectivity index (χ2v) is 7.13. The average Bonchev–Trinajstić information content (AvgIpc) is 2.66. The zero-order valence-electron chi connectivity index (χ0n) is 15.5. The summed E-state index contributed by atoms with van der Waals surface area (Å²) < 4.78 is 0. The Morgan fingerprint density at radius 2 is 1.92 bits per heavy atom. The lowest BCUT2D eigenvalue weighted by molar-refractivity contribution is -0.135. The first-order valence-electron chi connectivity index (χ1n) is 9.35. The van der Waals surface area contributed by atoms with Crippen molar-refractivity contribution in [3.63, 3.8) is 0 Å². The topological polar surface area (TPSA) is 75.4 Å². The van der Waals surface area contributed by atoms with Crippen molar-refractivity contribution in [2.24, 2.45) is 11.7 Å². The predicted octanol–water partition coefficient (Wildman–Crippen LogP) is 2.10. The number of carbonyl (C=O) groups is 2. The van der Waals surface area contributed by atoms with Crippen LogP contribution in [0.5, 0.6) is 0 Å². The average molecular weight is 345 g/mol. The normalized spacial score (nSPS) is 18.0. The van der Waals surface area contributed by atoms with Crippen LogP contribution >= 0.6 is 0 Å². The van der Waals surface area contributed by atoms with Gasteiger partial charge in [-0.25, -0.2) is 0 Å². The smallest absolute Gasteiger partial charge is 0.227 e. The summed E-state index contributed by atoms with van der Waals surface area (Å²) >= 11 is 0. The van der Waals surface area contributed by atoms with Crippen LogP contribution in [0.25, 0.3) is 0 Å². The molecule has 0 aromatic heterocycles. The van der Waals surface area contributed by atoms with Gasteiger partial charge in [-0.15, -0.1) is 0 Å². The van der Waals surface area contributed by atoms with Crippen molar-refractivity contribution in [2.45, 2.75) is 51.5 Å². The summed E-state index contributed by atoms with van der Waals surface area (Å²) in [5.41, 5.74) is 6.93. The first kappa shape index (κ1) is 19.4. The van der Waals surface area contributed by atoms with Gasteiger partial charge in [0.05, 0.1) is 12.3 Å². The third-order valence-corrected chi connectivity index (χ3v) is 5.37. The molecule has 1 aliphatic heterocycles. The third-order valence-electron chi connectivity index (χ3n) is 5.37. The molecule has 0 aliphatic carbocycles. The molecule has 1 aromatic rings. The Hall–Kier alpha value is -1.88. The summed E-state index contributed by atoms with van der Waals surface area (Å²) in [5.74, 6) is -0.0145. The molecule has 0 saturated carbocycles. The first-order valence-corrected chi connectivity index (χ1v) is 9.35. The molecule has 2 rings (SSSR count). The predicted molar refractivity (Wildman–Crippen MR) is 100.0 cm³/mol. The lowest BCUT2D eigenvalue weighted by atomic mass is 9.92. The van der Waals surface area contributed by atoms with Gasteiger partial charge in [0, 0.05) is 25.2 Å². The zero-order valence-corrected chi connectivity index (χ0v) is 15.5. The number of carbonyl (C=O) groups excluding carboxylic acids is 2. The van der Waals surface area contributed by atoms with E-state index in [1.54, 1.807) is 0 Å². The molecule has 3 N–H and O–H groups in total. The Balaban J connectivity index is 1.87. The van der Waals surface area contributed by atoms with Gasteiger partial charge in [0.25, 0.3) is 0 Å². The largest absolute Gasteiger partial charge is 0.354 e. The quantitative estimate of drug-likeness (QED) is 0.795. The van der Waals surface area contributed by atoms with Crippen molar-refractivity contribution in [2.75, 3.05) is 19.6 Å². The Labute approximate surface area is 151 Å². The molecule has 0 bridgehead atoms. The highest BCUT2D eigenvalue weighted by atomic mass is 16.2. The number of nitrogens with zero attached hydrogens (tertiary/aromatic N) is 1. The summed E-state index contributed by atoms with van der Waals surface area (Å²) in [7, 11) is 0. The fourth-order valence-corrected chi connectivity index (χ4v) is 3.21. The van der Waals surface area contributed by atoms with Gasteiger partial charge in [-0.3, -0.25) is 9.59 Å². The van der Waals surface area contributed by atoms with Gasteiger partial charge in [-0.1, -0.05) is 44.2 Å². The van der Waals surface area contributed by atoms with Crippen molar-refractivity contribution >= 4 is 11.8 Å². The van der Waals surface area contributed by atoms with E-state index in [4.69, 9.17) is 5.73 Å². The monoisotopic (exact) mass is 345 g/mol. The zero-order chi connectivity index (χ0) is 18.3. The van der Waals surface area contributed by atoms with Crippen molar-refractivity contribution in [3.05, 3.63) is 35.9 Å². The standard InChI is InChI=1S/C20H31N3O2/c1-3-20(21,4-2)15-22-19(25)17-11-8-12-23(14-17)18(24)13-16-9-6-5-7-10-16/h5-7,9-10,17H,3-4,8,11-15,21H2,1-2H3,(H,22,25). The van der Waals surface area contributed by atoms with E-state index in [0.717, 1.165) is 37.8 Å². The number of piperidine rings is 1. The summed E-state index contributed by atoms with van der Waals surface area (Å²) in [6.07, 6.45) is 3.75. The van der Waals surface area contributed by atoms with Gasteiger partial charge >= 0.3 is 0 Å². The van der Waals surface area contributed by atoms with Crippen LogP contribution in [-0.2, 0) is 16.0 Å². The van der Waals surface area contributed by atoms with Gasteiger partial charge in [-0.2, -0.15) is 0 Å². The molecule has 5 nitrogen and oxygen atoms in total. The SMILES string of the molecule is CCC(N)(CC)CNC(=O)C1CCCN(C(=O)Cc2ccccc2)C1. The number of benzene rings is 1. The molecule has 5 heteroatoms. The molecule has 1 fully saturated rings. The van der Waals surface area contributed by atoms with E-state index in [2.05, 4.69) is 5.32 Å². The molecule has 1 saturated heterocycles. The van der Waals surface area contributed by atoms with Crippen molar-refractivity contribution in [1.82, 2.24) is 10.2 Å². The van der Waals surface area contributed by atoms with E-state index >= 15 is 0 Å². The third kappa shape index (κ3) is 5.56. The van der Waals surface area contributed by atoms with E-state index in [1.807, 2.05) is 49.1 Å². The minimum absolute atomic E-state index is 0.0222. The van der Waals surface area contributed by atoms with Gasteiger partial charge in [-0.05, 0) is 31.2 Å². The summed E-state index contributed by atoms with van der Waals surface area (Å²) in [5, 5.41) is 3.00. The maximum atomic E-state index is 12.5. The Kier molecular flexibility index (Phi) is 7.00. The molecule has 1 atom stereocenters. The van der Waals surface area contributed by atoms with Crippen LogP contribution in [-0.4, -0.2) is 41.9 Å². The van der Waals surface area contributed by atoms with Crippen LogP contribution in [0.1, 0.15) is 45.1 Å². The molecule has 1 aromatic carbocycles. The Morgan fingerprint density at radius 1 is 1.24 bits per heavy atom. The first-order chi connectivity index (χ1) is 12.0. The number of likely N-dealkylation sites (tertiary alicyclic amines) is 1. The molecular weight excluding hydrogens is 314 g/mol. The highest BCUT2D eigenvalue weighted by Gasteiger charge is 2.29. The van der Waals surface area contributed by atoms with Crippen molar-refractivity contribution < 1.29 is 9.59 Å². The Bertz CT molecular complexity index is 570. The number of hydrogen-bond acceptors (Lipinski definition) is 3. The number of nitrogens with two attached hydrogens (primary N) is 1. The van der Waals surface area contributed by atoms with Gasteiger partial charge < -0.3 is 16.0 Å². The minimum atomic E-state index is -0.340. The molecule has 138 valence electrons. The Morgan fingerprint density at radius 3 is 2.56 bits per heavy atom. The van der Waals surface area contributed by atoms with E-state index in [-0.39, 0.29) is 23.3 Å². The van der Waals surface area contributed by atoms with Crippen LogP contribution in [0.15, 0.2) is 30.3 Å². The number of amides is 2. The van der Waals surface area contributed by atoms with Crippen molar-refractivity contribution in [3.8, 4) is 0 Å². The maximum absolute atomic E-state index is 12.5. The number of nitrogens with one attached hydrogen (secondary N) is 1. The summed E-state index contributed by atoms with van der Waals surface area (Å²) in [6.45, 7) is 5.82. The summed E-state index contributed by atoms with van der Waals surface area (Å²) in [4.78, 5) is 26.8. The van der Waals surface area contributed by atoms with E-state index in [9.17, 15) is 9.59 Å². The highest BCUT2D eigenvalue weighted by Crippen LogP contribution is 2.18. The molecule has 0 radical (unpaired) electrons. The van der Waals surface area contributed by atoms with Crippen LogP contribution in [0.4, 0.5) is 0 Å². The molecule has 1 heterocycles. The minimum Gasteiger partial charge on any atom is -0.354 e. The molecule has 1 aliphatic rings. The number of rotatable bonds is 7. The number of hydrogen-bond donors (Lipinski definition) is 2. The van der Waals surface area contributed by atoms with E-state index in [0.29, 0.717) is 19.5 Å². The molecule has 1 unspecified atom stereocenters. The van der Waals surface area contributed by atoms with Gasteiger partial charge in [0.2, 0.25) is 11.8 Å². The highest BCUT2D eigenvalue weighted by molar-refractivity contribution is 5.82. The van der Waals surface area contributed by atoms with Crippen LogP contribution in [0.2, 0.25) is 0 Å². The fourth-order valence-electron chi connectivity index (χ4n) is 3.21. The fraction of sp³-hybridized carbons (Fsp3) is 0.600. The molecule has 25 heavy (non-hydrogen) atoms. The molecule has 2 amide bonds. The second-order valence-electron chi connectivity index (χ2n) is 7.13. The lowest BCUT2D eigenvalue weighted by Gasteiger charge is -2.33. The van der Waals surface area contributed by atoms with Crippen molar-refractivity contribution in [1.29, 1.82) is 0 Å². The van der Waals surface area contributed by atoms with Gasteiger partial charge in [0.15, 0.2) is 0 Å². The van der Waals surface area contributed by atoms with Gasteiger partial charge in [0.1, 0.15) is 0 Å². The maximum Gasteiger partial charge on any atom is 0.227 e. The molecule has 0 spiro atoms. The van der Waals surface area contributed by atoms with Crippen LogP contribution in [0, 0.1) is 5.92 Å². The van der Waals surface area contributed by atoms with E-state index < -0.39 is 0 Å². The van der Waals surface area contributed by atoms with E-state index in [1.165, 1.54) is 0 Å². The van der Waals surface area contributed by atoms with Crippen LogP contribution < -0.4 is 11.1 Å². The molecular formula is C20H31N3O2. The summed E-state index contributed by atoms with van der Waals surface area (Å²) in [6, 6.07) is 9.75.